The highest BCUT2D eigenvalue weighted by atomic mass is 79.9. The number of hydrogen-bond donors (Lipinski definition) is 5. The maximum absolute atomic E-state index is 13.3. The molecule has 0 aromatic heterocycles. The van der Waals surface area contributed by atoms with Crippen LogP contribution in [0.2, 0.25) is 10.0 Å². The summed E-state index contributed by atoms with van der Waals surface area (Å²) in [5, 5.41) is 21.1. The molecule has 1 aliphatic rings. The molecule has 0 saturated heterocycles. The van der Waals surface area contributed by atoms with E-state index in [1.165, 1.54) is 12.1 Å². The third-order valence-corrected chi connectivity index (χ3v) is 9.51. The highest BCUT2D eigenvalue weighted by Crippen LogP contribution is 2.32. The highest BCUT2D eigenvalue weighted by molar-refractivity contribution is 9.14. The lowest BCUT2D eigenvalue weighted by molar-refractivity contribution is -0.152. The minimum atomic E-state index is -4.21. The zero-order chi connectivity index (χ0) is 27.9. The zero-order valence-electron chi connectivity index (χ0n) is 19.1. The van der Waals surface area contributed by atoms with E-state index in [0.29, 0.717) is 24.6 Å². The molecular weight excluding hydrogens is 697 g/mol. The fourth-order valence-corrected chi connectivity index (χ4v) is 6.90. The molecule has 0 radical (unpaired) electrons. The number of rotatable bonds is 12. The van der Waals surface area contributed by atoms with Crippen molar-refractivity contribution in [2.24, 2.45) is 5.73 Å². The first-order valence-corrected chi connectivity index (χ1v) is 14.9. The van der Waals surface area contributed by atoms with Gasteiger partial charge in [-0.2, -0.15) is 0 Å². The van der Waals surface area contributed by atoms with Crippen LogP contribution in [-0.4, -0.2) is 59.6 Å². The topological polar surface area (TPSA) is 166 Å². The number of nitrogens with one attached hydrogen (secondary N) is 3. The first-order valence-electron chi connectivity index (χ1n) is 10.5. The number of carbonyl (C=O) groups is 2. The Morgan fingerprint density at radius 2 is 1.86 bits per heavy atom. The number of allylic oxidation sites excluding steroid dienone is 4. The molecule has 0 aliphatic heterocycles. The lowest BCUT2D eigenvalue weighted by Crippen LogP contribution is -2.54. The first-order chi connectivity index (χ1) is 17.2. The van der Waals surface area contributed by atoms with Gasteiger partial charge in [0.15, 0.2) is 15.8 Å². The number of carbonyl (C=O) groups excluding carboxylic acids is 1. The maximum Gasteiger partial charge on any atom is 0.328 e. The summed E-state index contributed by atoms with van der Waals surface area (Å²) in [6.45, 7) is 0.115. The molecule has 0 bridgehead atoms. The predicted octanol–water partition coefficient (Wildman–Crippen LogP) is 3.62. The molecule has 202 valence electrons. The van der Waals surface area contributed by atoms with Crippen molar-refractivity contribution in [1.82, 2.24) is 15.8 Å². The van der Waals surface area contributed by atoms with Gasteiger partial charge in [-0.3, -0.25) is 15.2 Å². The van der Waals surface area contributed by atoms with Gasteiger partial charge in [0.1, 0.15) is 11.8 Å². The Bertz CT molecular complexity index is 1250. The molecule has 1 aromatic rings. The van der Waals surface area contributed by atoms with Crippen molar-refractivity contribution in [2.75, 3.05) is 12.3 Å². The molecular formula is C21H23Br2Cl2N5O5S2. The normalized spacial score (nSPS) is 14.7. The fraction of sp³-hybridized carbons (Fsp3) is 0.333. The Morgan fingerprint density at radius 1 is 1.24 bits per heavy atom. The van der Waals surface area contributed by atoms with Crippen LogP contribution in [0.5, 0.6) is 0 Å². The van der Waals surface area contributed by atoms with Crippen LogP contribution >= 0.6 is 67.3 Å². The van der Waals surface area contributed by atoms with E-state index >= 15 is 0 Å². The van der Waals surface area contributed by atoms with Crippen molar-refractivity contribution in [1.29, 1.82) is 5.41 Å². The molecule has 0 heterocycles. The standard InChI is InChI=1S/C21H23Br2Cl2N5O5S2/c22-14-7-17(36)18(8-15(14)23)37(34,35)10-19(31)30(16(20(32)33)2-1-3-28-21(26)27)29-9-11-4-12(24)6-13(25)5-11/h4-6,8,16,29H,1-3,7,9-10H2,(H,32,33)(H4,26,27,28)/t16-/m0/s1. The number of carboxylic acids is 1. The van der Waals surface area contributed by atoms with E-state index in [1.54, 1.807) is 12.1 Å². The van der Waals surface area contributed by atoms with E-state index < -0.39 is 33.5 Å². The molecule has 2 rings (SSSR count). The largest absolute Gasteiger partial charge is 0.480 e. The number of carboxylic acid groups (broad SMARTS) is 1. The molecule has 1 amide bonds. The number of amides is 1. The van der Waals surface area contributed by atoms with Gasteiger partial charge >= 0.3 is 5.97 Å². The molecule has 0 unspecified atom stereocenters. The Kier molecular flexibility index (Phi) is 12.0. The van der Waals surface area contributed by atoms with Crippen LogP contribution in [0.15, 0.2) is 38.1 Å². The van der Waals surface area contributed by atoms with Crippen LogP contribution in [0, 0.1) is 5.41 Å². The summed E-state index contributed by atoms with van der Waals surface area (Å²) in [5.74, 6) is -3.65. The molecule has 16 heteroatoms. The van der Waals surface area contributed by atoms with Gasteiger partial charge in [0, 0.05) is 43.4 Å². The number of sulfone groups is 1. The number of nitrogens with zero attached hydrogens (tertiary/aromatic N) is 1. The molecule has 37 heavy (non-hydrogen) atoms. The van der Waals surface area contributed by atoms with Crippen LogP contribution in [0.3, 0.4) is 0 Å². The molecule has 1 aromatic carbocycles. The first kappa shape index (κ1) is 31.7. The number of hydrogen-bond acceptors (Lipinski definition) is 7. The lowest BCUT2D eigenvalue weighted by Gasteiger charge is -2.30. The van der Waals surface area contributed by atoms with E-state index in [0.717, 1.165) is 5.01 Å². The molecule has 6 N–H and O–H groups in total. The summed E-state index contributed by atoms with van der Waals surface area (Å²) in [7, 11) is -4.21. The van der Waals surface area contributed by atoms with Crippen molar-refractivity contribution in [3.63, 3.8) is 0 Å². The van der Waals surface area contributed by atoms with Crippen molar-refractivity contribution in [3.8, 4) is 0 Å². The molecule has 1 atom stereocenters. The summed E-state index contributed by atoms with van der Waals surface area (Å²) in [6.07, 6.45) is 1.63. The number of thiocarbonyl (C=S) groups is 1. The molecule has 10 nitrogen and oxygen atoms in total. The zero-order valence-corrected chi connectivity index (χ0v) is 25.4. The predicted molar refractivity (Wildman–Crippen MR) is 155 cm³/mol. The number of halogens is 4. The second kappa shape index (κ2) is 14.0. The Balaban J connectivity index is 2.33. The monoisotopic (exact) mass is 717 g/mol. The van der Waals surface area contributed by atoms with Crippen LogP contribution in [0.25, 0.3) is 0 Å². The summed E-state index contributed by atoms with van der Waals surface area (Å²) in [6, 6.07) is 3.22. The molecule has 0 saturated carbocycles. The minimum Gasteiger partial charge on any atom is -0.480 e. The van der Waals surface area contributed by atoms with Gasteiger partial charge in [-0.1, -0.05) is 51.3 Å². The summed E-state index contributed by atoms with van der Waals surface area (Å²) >= 11 is 23.8. The second-order valence-electron chi connectivity index (χ2n) is 7.83. The van der Waals surface area contributed by atoms with E-state index in [-0.39, 0.29) is 48.1 Å². The quantitative estimate of drug-likeness (QED) is 0.0714. The van der Waals surface area contributed by atoms with Gasteiger partial charge in [0.2, 0.25) is 0 Å². The van der Waals surface area contributed by atoms with E-state index in [4.69, 9.17) is 46.6 Å². The van der Waals surface area contributed by atoms with Crippen LogP contribution in [0.1, 0.15) is 24.8 Å². The van der Waals surface area contributed by atoms with Crippen LogP contribution < -0.4 is 16.5 Å². The van der Waals surface area contributed by atoms with Gasteiger partial charge in [-0.15, -0.1) is 0 Å². The lowest BCUT2D eigenvalue weighted by atomic mass is 10.1. The summed E-state index contributed by atoms with van der Waals surface area (Å²) < 4.78 is 27.4. The summed E-state index contributed by atoms with van der Waals surface area (Å²) in [5.41, 5.74) is 8.52. The van der Waals surface area contributed by atoms with E-state index in [1.807, 2.05) is 0 Å². The van der Waals surface area contributed by atoms with E-state index in [9.17, 15) is 23.1 Å². The van der Waals surface area contributed by atoms with Crippen LogP contribution in [-0.2, 0) is 26.0 Å². The van der Waals surface area contributed by atoms with Crippen molar-refractivity contribution in [3.05, 3.63) is 53.8 Å². The number of guanidine groups is 1. The highest BCUT2D eigenvalue weighted by Gasteiger charge is 2.35. The SMILES string of the molecule is N=C(N)NCCC[C@@H](C(=O)O)N(NCc1cc(Cl)cc(Cl)c1)C(=O)CS(=O)(=O)C1=CC(Br)=C(Br)CC1=S. The Hall–Kier alpha value is -1.55. The number of hydrazine groups is 1. The Labute approximate surface area is 246 Å². The van der Waals surface area contributed by atoms with Crippen molar-refractivity contribution >= 4 is 99.8 Å². The van der Waals surface area contributed by atoms with Gasteiger partial charge in [0.25, 0.3) is 5.91 Å². The minimum absolute atomic E-state index is 0.0625. The number of aliphatic carboxylic acids is 1. The molecule has 0 fully saturated rings. The van der Waals surface area contributed by atoms with Crippen molar-refractivity contribution < 1.29 is 23.1 Å². The molecule has 1 aliphatic carbocycles. The second-order valence-corrected chi connectivity index (χ2v) is 13.0. The number of nitrogens with two attached hydrogens (primary N) is 1. The fourth-order valence-electron chi connectivity index (χ4n) is 3.30. The number of benzene rings is 1. The van der Waals surface area contributed by atoms with Gasteiger partial charge in [-0.05, 0) is 58.6 Å². The molecule has 0 spiro atoms. The average molecular weight is 720 g/mol. The Morgan fingerprint density at radius 3 is 2.43 bits per heavy atom. The summed E-state index contributed by atoms with van der Waals surface area (Å²) in [4.78, 5) is 25.4. The maximum atomic E-state index is 13.3. The smallest absolute Gasteiger partial charge is 0.328 e. The third-order valence-electron chi connectivity index (χ3n) is 4.97. The van der Waals surface area contributed by atoms with Gasteiger partial charge in [0.05, 0.1) is 4.91 Å². The third kappa shape index (κ3) is 9.61. The van der Waals surface area contributed by atoms with E-state index in [2.05, 4.69) is 42.6 Å². The van der Waals surface area contributed by atoms with Gasteiger partial charge in [-0.25, -0.2) is 18.6 Å². The van der Waals surface area contributed by atoms with Crippen molar-refractivity contribution in [2.45, 2.75) is 31.8 Å². The van der Waals surface area contributed by atoms with Gasteiger partial charge < -0.3 is 16.2 Å². The average Bonchev–Trinajstić information content (AvgIpc) is 2.76. The van der Waals surface area contributed by atoms with Crippen LogP contribution in [0.4, 0.5) is 0 Å².